The van der Waals surface area contributed by atoms with Crippen molar-refractivity contribution in [1.82, 2.24) is 5.32 Å². The van der Waals surface area contributed by atoms with E-state index in [9.17, 15) is 14.4 Å². The van der Waals surface area contributed by atoms with E-state index in [1.165, 1.54) is 0 Å². The molecule has 1 atom stereocenters. The Morgan fingerprint density at radius 3 is 1.92 bits per heavy atom. The van der Waals surface area contributed by atoms with Crippen molar-refractivity contribution in [2.24, 2.45) is 0 Å². The van der Waals surface area contributed by atoms with Crippen LogP contribution < -0.4 is 5.32 Å². The van der Waals surface area contributed by atoms with Gasteiger partial charge in [-0.2, -0.15) is 0 Å². The molecular formula is C32H53NO5. The SMILES string of the molecule is CC/C=C\C/C=C\C/C=C\C/C=C\CCCCCCC(=O)OC(CCC)CCCCCC(=O)NCC(=O)O. The quantitative estimate of drug-likeness (QED) is 0.0707. The Labute approximate surface area is 231 Å². The van der Waals surface area contributed by atoms with Gasteiger partial charge >= 0.3 is 11.9 Å². The summed E-state index contributed by atoms with van der Waals surface area (Å²) in [7, 11) is 0. The number of esters is 1. The molecule has 0 bridgehead atoms. The van der Waals surface area contributed by atoms with E-state index in [-0.39, 0.29) is 24.5 Å². The number of rotatable bonds is 25. The third kappa shape index (κ3) is 26.4. The number of carbonyl (C=O) groups excluding carboxylic acids is 2. The fourth-order valence-electron chi connectivity index (χ4n) is 3.91. The fraction of sp³-hybridized carbons (Fsp3) is 0.656. The van der Waals surface area contributed by atoms with Gasteiger partial charge < -0.3 is 15.2 Å². The molecular weight excluding hydrogens is 478 g/mol. The van der Waals surface area contributed by atoms with Gasteiger partial charge in [0.1, 0.15) is 12.6 Å². The summed E-state index contributed by atoms with van der Waals surface area (Å²) in [6, 6.07) is 0. The summed E-state index contributed by atoms with van der Waals surface area (Å²) in [5.74, 6) is -1.37. The number of carboxylic acid groups (broad SMARTS) is 1. The average Bonchev–Trinajstić information content (AvgIpc) is 2.89. The Kier molecular flexibility index (Phi) is 25.5. The van der Waals surface area contributed by atoms with E-state index in [1.54, 1.807) is 0 Å². The molecule has 0 heterocycles. The smallest absolute Gasteiger partial charge is 0.322 e. The third-order valence-electron chi connectivity index (χ3n) is 6.00. The molecule has 0 spiro atoms. The van der Waals surface area contributed by atoms with Crippen LogP contribution in [0.1, 0.15) is 123 Å². The standard InChI is InChI=1S/C32H53NO5/c1-3-5-6-7-8-9-10-11-12-13-14-15-16-17-18-19-23-27-32(37)38-29(24-4-2)25-21-20-22-26-30(34)33-28-31(35)36/h5-6,8-9,11-12,14-15,29H,3-4,7,10,13,16-28H2,1-2H3,(H,33,34)(H,35,36)/b6-5-,9-8-,12-11-,15-14-. The average molecular weight is 532 g/mol. The summed E-state index contributed by atoms with van der Waals surface area (Å²) < 4.78 is 5.70. The maximum Gasteiger partial charge on any atom is 0.322 e. The monoisotopic (exact) mass is 531 g/mol. The first-order valence-corrected chi connectivity index (χ1v) is 14.8. The zero-order valence-electron chi connectivity index (χ0n) is 24.0. The Bertz CT molecular complexity index is 723. The Morgan fingerprint density at radius 1 is 0.711 bits per heavy atom. The van der Waals surface area contributed by atoms with Gasteiger partial charge in [0.25, 0.3) is 0 Å². The number of ether oxygens (including phenoxy) is 1. The van der Waals surface area contributed by atoms with Gasteiger partial charge in [-0.1, -0.05) is 88.1 Å². The number of unbranched alkanes of at least 4 members (excludes halogenated alkanes) is 6. The molecule has 0 fully saturated rings. The number of hydrogen-bond donors (Lipinski definition) is 2. The van der Waals surface area contributed by atoms with Crippen molar-refractivity contribution in [2.45, 2.75) is 129 Å². The van der Waals surface area contributed by atoms with Crippen molar-refractivity contribution in [3.05, 3.63) is 48.6 Å². The normalized spacial score (nSPS) is 12.7. The molecule has 38 heavy (non-hydrogen) atoms. The number of aliphatic carboxylic acids is 1. The Balaban J connectivity index is 3.76. The summed E-state index contributed by atoms with van der Waals surface area (Å²) >= 11 is 0. The molecule has 216 valence electrons. The van der Waals surface area contributed by atoms with Crippen LogP contribution in [-0.2, 0) is 19.1 Å². The molecule has 0 aromatic rings. The molecule has 6 heteroatoms. The zero-order valence-corrected chi connectivity index (χ0v) is 24.0. The highest BCUT2D eigenvalue weighted by molar-refractivity contribution is 5.80. The van der Waals surface area contributed by atoms with Gasteiger partial charge in [-0.15, -0.1) is 0 Å². The van der Waals surface area contributed by atoms with Gasteiger partial charge in [0.2, 0.25) is 5.91 Å². The molecule has 6 nitrogen and oxygen atoms in total. The second-order valence-corrected chi connectivity index (χ2v) is 9.62. The van der Waals surface area contributed by atoms with Gasteiger partial charge in [-0.25, -0.2) is 0 Å². The minimum Gasteiger partial charge on any atom is -0.480 e. The molecule has 1 unspecified atom stereocenters. The molecule has 0 rings (SSSR count). The largest absolute Gasteiger partial charge is 0.480 e. The minimum atomic E-state index is -1.04. The molecule has 1 amide bonds. The Morgan fingerprint density at radius 2 is 1.29 bits per heavy atom. The molecule has 0 aliphatic rings. The minimum absolute atomic E-state index is 0.0495. The molecule has 0 aromatic heterocycles. The van der Waals surface area contributed by atoms with Crippen LogP contribution in [0.25, 0.3) is 0 Å². The second-order valence-electron chi connectivity index (χ2n) is 9.62. The lowest BCUT2D eigenvalue weighted by molar-refractivity contribution is -0.150. The summed E-state index contributed by atoms with van der Waals surface area (Å²) in [6.07, 6.45) is 32.9. The van der Waals surface area contributed by atoms with Crippen LogP contribution in [0.4, 0.5) is 0 Å². The van der Waals surface area contributed by atoms with Crippen LogP contribution in [0.2, 0.25) is 0 Å². The summed E-state index contributed by atoms with van der Waals surface area (Å²) in [6.45, 7) is 3.90. The maximum absolute atomic E-state index is 12.2. The first-order valence-electron chi connectivity index (χ1n) is 14.8. The van der Waals surface area contributed by atoms with E-state index in [0.29, 0.717) is 19.3 Å². The highest BCUT2D eigenvalue weighted by Crippen LogP contribution is 2.15. The van der Waals surface area contributed by atoms with E-state index < -0.39 is 5.97 Å². The number of carboxylic acids is 1. The van der Waals surface area contributed by atoms with E-state index in [0.717, 1.165) is 89.9 Å². The van der Waals surface area contributed by atoms with Crippen LogP contribution >= 0.6 is 0 Å². The lowest BCUT2D eigenvalue weighted by Gasteiger charge is -2.17. The van der Waals surface area contributed by atoms with E-state index in [2.05, 4.69) is 67.8 Å². The number of allylic oxidation sites excluding steroid dienone is 8. The van der Waals surface area contributed by atoms with Crippen molar-refractivity contribution < 1.29 is 24.2 Å². The lowest BCUT2D eigenvalue weighted by Crippen LogP contribution is -2.28. The number of carbonyl (C=O) groups is 3. The molecule has 0 aromatic carbocycles. The van der Waals surface area contributed by atoms with Gasteiger partial charge in [0.15, 0.2) is 0 Å². The molecule has 0 aliphatic carbocycles. The van der Waals surface area contributed by atoms with Crippen LogP contribution in [-0.4, -0.2) is 35.6 Å². The molecule has 0 saturated carbocycles. The van der Waals surface area contributed by atoms with Gasteiger partial charge in [-0.05, 0) is 70.6 Å². The summed E-state index contributed by atoms with van der Waals surface area (Å²) in [5.41, 5.74) is 0. The maximum atomic E-state index is 12.2. The topological polar surface area (TPSA) is 92.7 Å². The van der Waals surface area contributed by atoms with Crippen LogP contribution in [0.5, 0.6) is 0 Å². The van der Waals surface area contributed by atoms with E-state index >= 15 is 0 Å². The van der Waals surface area contributed by atoms with E-state index in [4.69, 9.17) is 9.84 Å². The van der Waals surface area contributed by atoms with Crippen molar-refractivity contribution in [1.29, 1.82) is 0 Å². The lowest BCUT2D eigenvalue weighted by atomic mass is 10.1. The van der Waals surface area contributed by atoms with Crippen molar-refractivity contribution in [3.8, 4) is 0 Å². The third-order valence-corrected chi connectivity index (χ3v) is 6.00. The van der Waals surface area contributed by atoms with Crippen molar-refractivity contribution in [2.75, 3.05) is 6.54 Å². The molecule has 0 saturated heterocycles. The number of amides is 1. The van der Waals surface area contributed by atoms with Gasteiger partial charge in [0.05, 0.1) is 0 Å². The Hall–Kier alpha value is -2.63. The molecule has 2 N–H and O–H groups in total. The summed E-state index contributed by atoms with van der Waals surface area (Å²) in [5, 5.41) is 10.9. The second kappa shape index (κ2) is 27.4. The number of nitrogens with one attached hydrogen (secondary N) is 1. The van der Waals surface area contributed by atoms with Crippen molar-refractivity contribution in [3.63, 3.8) is 0 Å². The van der Waals surface area contributed by atoms with Crippen LogP contribution in [0.3, 0.4) is 0 Å². The van der Waals surface area contributed by atoms with Gasteiger partial charge in [0, 0.05) is 12.8 Å². The van der Waals surface area contributed by atoms with Gasteiger partial charge in [-0.3, -0.25) is 14.4 Å². The van der Waals surface area contributed by atoms with Crippen LogP contribution in [0, 0.1) is 0 Å². The first-order chi connectivity index (χ1) is 18.5. The fourth-order valence-corrected chi connectivity index (χ4v) is 3.91. The predicted octanol–water partition coefficient (Wildman–Crippen LogP) is 8.00. The molecule has 0 aliphatic heterocycles. The predicted molar refractivity (Wildman–Crippen MR) is 157 cm³/mol. The van der Waals surface area contributed by atoms with Crippen molar-refractivity contribution >= 4 is 17.8 Å². The first kappa shape index (κ1) is 35.4. The molecule has 0 radical (unpaired) electrons. The highest BCUT2D eigenvalue weighted by atomic mass is 16.5. The number of hydrogen-bond acceptors (Lipinski definition) is 4. The van der Waals surface area contributed by atoms with Crippen LogP contribution in [0.15, 0.2) is 48.6 Å². The zero-order chi connectivity index (χ0) is 28.1. The summed E-state index contributed by atoms with van der Waals surface area (Å²) in [4.78, 5) is 34.2. The highest BCUT2D eigenvalue weighted by Gasteiger charge is 2.13. The van der Waals surface area contributed by atoms with E-state index in [1.807, 2.05) is 0 Å².